The van der Waals surface area contributed by atoms with E-state index in [2.05, 4.69) is 5.43 Å². The second kappa shape index (κ2) is 5.72. The van der Waals surface area contributed by atoms with Crippen molar-refractivity contribution in [2.75, 3.05) is 5.73 Å². The van der Waals surface area contributed by atoms with E-state index in [1.807, 2.05) is 6.92 Å². The summed E-state index contributed by atoms with van der Waals surface area (Å²) in [5.74, 6) is 4.36. The predicted octanol–water partition coefficient (Wildman–Crippen LogP) is 1.27. The molecule has 0 bridgehead atoms. The van der Waals surface area contributed by atoms with Crippen molar-refractivity contribution in [3.05, 3.63) is 24.0 Å². The lowest BCUT2D eigenvalue weighted by Crippen LogP contribution is -2.37. The molecule has 0 aromatic heterocycles. The third-order valence-corrected chi connectivity index (χ3v) is 3.32. The lowest BCUT2D eigenvalue weighted by atomic mass is 10.3. The van der Waals surface area contributed by atoms with E-state index in [0.29, 0.717) is 17.0 Å². The molecule has 0 aliphatic rings. The number of nitrogens with one attached hydrogen (secondary N) is 1. The number of nitrogens with two attached hydrogens (primary N) is 2. The van der Waals surface area contributed by atoms with Gasteiger partial charge in [0.15, 0.2) is 0 Å². The lowest BCUT2D eigenvalue weighted by molar-refractivity contribution is -0.120. The minimum Gasteiger partial charge on any atom is -0.399 e. The van der Waals surface area contributed by atoms with Crippen LogP contribution in [0.1, 0.15) is 13.3 Å². The highest BCUT2D eigenvalue weighted by Crippen LogP contribution is 2.27. The number of benzene rings is 1. The minimum atomic E-state index is -0.412. The Kier molecular flexibility index (Phi) is 4.57. The SMILES string of the molecule is CCC(Sc1cc(N)cc(F)c1)C(=O)NN. The number of carbonyl (C=O) groups is 1. The van der Waals surface area contributed by atoms with Crippen molar-refractivity contribution in [2.45, 2.75) is 23.5 Å². The number of thioether (sulfide) groups is 1. The maximum atomic E-state index is 13.0. The lowest BCUT2D eigenvalue weighted by Gasteiger charge is -2.12. The monoisotopic (exact) mass is 243 g/mol. The van der Waals surface area contributed by atoms with Crippen LogP contribution in [0.3, 0.4) is 0 Å². The smallest absolute Gasteiger partial charge is 0.247 e. The third-order valence-electron chi connectivity index (χ3n) is 1.98. The highest BCUT2D eigenvalue weighted by molar-refractivity contribution is 8.00. The summed E-state index contributed by atoms with van der Waals surface area (Å²) in [4.78, 5) is 12.0. The molecular formula is C10H14FN3OS. The normalized spacial score (nSPS) is 12.2. The maximum Gasteiger partial charge on any atom is 0.247 e. The van der Waals surface area contributed by atoms with Gasteiger partial charge in [-0.25, -0.2) is 10.2 Å². The number of amides is 1. The van der Waals surface area contributed by atoms with Crippen LogP contribution in [0, 0.1) is 5.82 Å². The summed E-state index contributed by atoms with van der Waals surface area (Å²) in [5, 5.41) is -0.341. The van der Waals surface area contributed by atoms with Gasteiger partial charge in [-0.1, -0.05) is 6.92 Å². The van der Waals surface area contributed by atoms with Crippen LogP contribution in [0.25, 0.3) is 0 Å². The summed E-state index contributed by atoms with van der Waals surface area (Å²) in [6.45, 7) is 1.86. The molecule has 0 aliphatic heterocycles. The van der Waals surface area contributed by atoms with Crippen molar-refractivity contribution >= 4 is 23.4 Å². The molecule has 6 heteroatoms. The highest BCUT2D eigenvalue weighted by atomic mass is 32.2. The molecule has 5 N–H and O–H groups in total. The van der Waals surface area contributed by atoms with Crippen molar-refractivity contribution in [3.8, 4) is 0 Å². The summed E-state index contributed by atoms with van der Waals surface area (Å²) in [6, 6.07) is 4.20. The van der Waals surface area contributed by atoms with E-state index in [9.17, 15) is 9.18 Å². The molecule has 88 valence electrons. The molecule has 1 amide bonds. The number of nitrogen functional groups attached to an aromatic ring is 1. The van der Waals surface area contributed by atoms with Gasteiger partial charge in [-0.2, -0.15) is 0 Å². The molecule has 0 heterocycles. The van der Waals surface area contributed by atoms with E-state index in [-0.39, 0.29) is 11.2 Å². The maximum absolute atomic E-state index is 13.0. The predicted molar refractivity (Wildman–Crippen MR) is 63.1 cm³/mol. The third kappa shape index (κ3) is 3.39. The second-order valence-electron chi connectivity index (χ2n) is 3.24. The Balaban J connectivity index is 2.81. The number of hydrogen-bond donors (Lipinski definition) is 3. The van der Waals surface area contributed by atoms with Gasteiger partial charge in [-0.15, -0.1) is 11.8 Å². The Morgan fingerprint density at radius 2 is 2.25 bits per heavy atom. The molecule has 4 nitrogen and oxygen atoms in total. The van der Waals surface area contributed by atoms with Crippen molar-refractivity contribution in [3.63, 3.8) is 0 Å². The van der Waals surface area contributed by atoms with Crippen LogP contribution in [0.2, 0.25) is 0 Å². The molecule has 0 saturated carbocycles. The first-order chi connectivity index (χ1) is 7.56. The van der Waals surface area contributed by atoms with Gasteiger partial charge in [0.25, 0.3) is 0 Å². The fourth-order valence-electron chi connectivity index (χ4n) is 1.23. The van der Waals surface area contributed by atoms with E-state index >= 15 is 0 Å². The summed E-state index contributed by atoms with van der Waals surface area (Å²) >= 11 is 1.24. The van der Waals surface area contributed by atoms with Crippen LogP contribution in [-0.4, -0.2) is 11.2 Å². The number of hydrazine groups is 1. The van der Waals surface area contributed by atoms with Crippen molar-refractivity contribution in [1.82, 2.24) is 5.43 Å². The summed E-state index contributed by atoms with van der Waals surface area (Å²) in [7, 11) is 0. The van der Waals surface area contributed by atoms with Gasteiger partial charge in [-0.3, -0.25) is 10.2 Å². The van der Waals surface area contributed by atoms with Gasteiger partial charge >= 0.3 is 0 Å². The van der Waals surface area contributed by atoms with E-state index in [1.165, 1.54) is 23.9 Å². The molecule has 16 heavy (non-hydrogen) atoms. The molecule has 1 aromatic carbocycles. The molecule has 0 saturated heterocycles. The van der Waals surface area contributed by atoms with Crippen molar-refractivity contribution in [1.29, 1.82) is 0 Å². The molecule has 0 radical (unpaired) electrons. The molecular weight excluding hydrogens is 229 g/mol. The van der Waals surface area contributed by atoms with E-state index < -0.39 is 5.82 Å². The Labute approximate surface area is 97.5 Å². The first-order valence-electron chi connectivity index (χ1n) is 4.80. The quantitative estimate of drug-likeness (QED) is 0.244. The molecule has 1 aromatic rings. The highest BCUT2D eigenvalue weighted by Gasteiger charge is 2.17. The molecule has 1 rings (SSSR count). The Hall–Kier alpha value is -1.27. The minimum absolute atomic E-state index is 0.282. The molecule has 0 aliphatic carbocycles. The molecule has 1 unspecified atom stereocenters. The second-order valence-corrected chi connectivity index (χ2v) is 4.52. The molecule has 0 fully saturated rings. The Morgan fingerprint density at radius 1 is 1.56 bits per heavy atom. The van der Waals surface area contributed by atoms with Crippen molar-refractivity contribution in [2.24, 2.45) is 5.84 Å². The number of carbonyl (C=O) groups excluding carboxylic acids is 1. The van der Waals surface area contributed by atoms with E-state index in [1.54, 1.807) is 6.07 Å². The number of hydrogen-bond acceptors (Lipinski definition) is 4. The largest absolute Gasteiger partial charge is 0.399 e. The topological polar surface area (TPSA) is 81.1 Å². The van der Waals surface area contributed by atoms with Gasteiger partial charge in [0.05, 0.1) is 5.25 Å². The number of halogens is 1. The Morgan fingerprint density at radius 3 is 2.75 bits per heavy atom. The first kappa shape index (κ1) is 12.8. The fourth-order valence-corrected chi connectivity index (χ4v) is 2.29. The Bertz CT molecular complexity index is 366. The van der Waals surface area contributed by atoms with E-state index in [0.717, 1.165) is 0 Å². The van der Waals surface area contributed by atoms with Crippen molar-refractivity contribution < 1.29 is 9.18 Å². The molecule has 0 spiro atoms. The van der Waals surface area contributed by atoms with Gasteiger partial charge < -0.3 is 5.73 Å². The van der Waals surface area contributed by atoms with Gasteiger partial charge in [0, 0.05) is 10.6 Å². The zero-order chi connectivity index (χ0) is 12.1. The van der Waals surface area contributed by atoms with Gasteiger partial charge in [0.2, 0.25) is 5.91 Å². The van der Waals surface area contributed by atoms with E-state index in [4.69, 9.17) is 11.6 Å². The van der Waals surface area contributed by atoms with Crippen LogP contribution in [0.15, 0.2) is 23.1 Å². The van der Waals surface area contributed by atoms with Crippen LogP contribution in [0.4, 0.5) is 10.1 Å². The number of rotatable bonds is 4. The first-order valence-corrected chi connectivity index (χ1v) is 5.68. The van der Waals surface area contributed by atoms with Crippen LogP contribution < -0.4 is 17.0 Å². The number of anilines is 1. The summed E-state index contributed by atoms with van der Waals surface area (Å²) in [5.41, 5.74) is 7.93. The average Bonchev–Trinajstić information content (AvgIpc) is 2.23. The summed E-state index contributed by atoms with van der Waals surface area (Å²) < 4.78 is 13.0. The summed E-state index contributed by atoms with van der Waals surface area (Å²) in [6.07, 6.45) is 0.601. The van der Waals surface area contributed by atoms with Gasteiger partial charge in [-0.05, 0) is 24.6 Å². The zero-order valence-corrected chi connectivity index (χ0v) is 9.68. The fraction of sp³-hybridized carbons (Fsp3) is 0.300. The van der Waals surface area contributed by atoms with Crippen LogP contribution in [-0.2, 0) is 4.79 Å². The molecule has 1 atom stereocenters. The van der Waals surface area contributed by atoms with Gasteiger partial charge in [0.1, 0.15) is 5.82 Å². The van der Waals surface area contributed by atoms with Crippen LogP contribution >= 0.6 is 11.8 Å². The van der Waals surface area contributed by atoms with Crippen LogP contribution in [0.5, 0.6) is 0 Å². The standard InChI is InChI=1S/C10H14FN3OS/c1-2-9(10(15)14-13)16-8-4-6(11)3-7(12)5-8/h3-5,9H,2,12-13H2,1H3,(H,14,15). The zero-order valence-electron chi connectivity index (χ0n) is 8.87. The average molecular weight is 243 g/mol.